The van der Waals surface area contributed by atoms with E-state index in [0.29, 0.717) is 0 Å². The highest BCUT2D eigenvalue weighted by atomic mass is 16.5. The van der Waals surface area contributed by atoms with E-state index in [1.807, 2.05) is 12.3 Å². The zero-order valence-electron chi connectivity index (χ0n) is 7.58. The second kappa shape index (κ2) is 2.23. The summed E-state index contributed by atoms with van der Waals surface area (Å²) in [4.78, 5) is 4.30. The molecule has 3 heteroatoms. The number of anilines is 1. The molecule has 0 unspecified atom stereocenters. The van der Waals surface area contributed by atoms with E-state index in [2.05, 4.69) is 23.3 Å². The van der Waals surface area contributed by atoms with E-state index in [1.165, 1.54) is 5.56 Å². The number of nitrogens with one attached hydrogen (secondary N) is 1. The van der Waals surface area contributed by atoms with Crippen LogP contribution in [-0.4, -0.2) is 17.8 Å². The lowest BCUT2D eigenvalue weighted by atomic mass is 9.83. The SMILES string of the molecule is C[C@@]12CCO[C@@H]1Nc1ncccc12. The maximum Gasteiger partial charge on any atom is 0.138 e. The third-order valence-corrected chi connectivity index (χ3v) is 3.18. The molecule has 2 aliphatic rings. The molecule has 1 aromatic rings. The normalized spacial score (nSPS) is 35.3. The standard InChI is InChI=1S/C10H12N2O/c1-10-4-6-13-9(10)12-8-7(10)3-2-5-11-8/h2-3,5,9H,4,6H2,1H3,(H,11,12)/t9-,10-/m0/s1. The third-order valence-electron chi connectivity index (χ3n) is 3.18. The van der Waals surface area contributed by atoms with Gasteiger partial charge in [-0.25, -0.2) is 4.98 Å². The average molecular weight is 176 g/mol. The van der Waals surface area contributed by atoms with Crippen LogP contribution in [0.1, 0.15) is 18.9 Å². The predicted molar refractivity (Wildman–Crippen MR) is 49.6 cm³/mol. The van der Waals surface area contributed by atoms with Crippen LogP contribution >= 0.6 is 0 Å². The molecule has 0 spiro atoms. The molecule has 1 N–H and O–H groups in total. The molecule has 68 valence electrons. The molecule has 1 aromatic heterocycles. The Hall–Kier alpha value is -1.09. The minimum Gasteiger partial charge on any atom is -0.358 e. The maximum atomic E-state index is 5.61. The van der Waals surface area contributed by atoms with E-state index in [9.17, 15) is 0 Å². The summed E-state index contributed by atoms with van der Waals surface area (Å²) in [7, 11) is 0. The molecular formula is C10H12N2O. The molecule has 3 rings (SSSR count). The van der Waals surface area contributed by atoms with Gasteiger partial charge in [-0.3, -0.25) is 0 Å². The molecule has 0 radical (unpaired) electrons. The Balaban J connectivity index is 2.17. The van der Waals surface area contributed by atoms with Gasteiger partial charge in [0.05, 0.1) is 6.61 Å². The first-order chi connectivity index (χ1) is 6.31. The van der Waals surface area contributed by atoms with Gasteiger partial charge in [0.2, 0.25) is 0 Å². The van der Waals surface area contributed by atoms with Crippen molar-refractivity contribution in [1.82, 2.24) is 4.98 Å². The highest BCUT2D eigenvalue weighted by Crippen LogP contribution is 2.45. The lowest BCUT2D eigenvalue weighted by Gasteiger charge is -2.21. The van der Waals surface area contributed by atoms with E-state index in [4.69, 9.17) is 4.74 Å². The minimum atomic E-state index is 0.136. The van der Waals surface area contributed by atoms with Crippen LogP contribution in [0.2, 0.25) is 0 Å². The molecule has 3 nitrogen and oxygen atoms in total. The fourth-order valence-electron chi connectivity index (χ4n) is 2.29. The van der Waals surface area contributed by atoms with Gasteiger partial charge in [0.25, 0.3) is 0 Å². The summed E-state index contributed by atoms with van der Waals surface area (Å²) < 4.78 is 5.61. The van der Waals surface area contributed by atoms with Gasteiger partial charge in [-0.15, -0.1) is 0 Å². The first-order valence-electron chi connectivity index (χ1n) is 4.64. The van der Waals surface area contributed by atoms with Crippen LogP contribution < -0.4 is 5.32 Å². The summed E-state index contributed by atoms with van der Waals surface area (Å²) in [6.07, 6.45) is 3.04. The molecule has 1 fully saturated rings. The second-order valence-electron chi connectivity index (χ2n) is 3.96. The van der Waals surface area contributed by atoms with Crippen LogP contribution in [0.25, 0.3) is 0 Å². The smallest absolute Gasteiger partial charge is 0.138 e. The summed E-state index contributed by atoms with van der Waals surface area (Å²) in [6, 6.07) is 4.14. The quantitative estimate of drug-likeness (QED) is 0.650. The Labute approximate surface area is 77.1 Å². The number of fused-ring (bicyclic) bond motifs is 3. The number of hydrogen-bond acceptors (Lipinski definition) is 3. The van der Waals surface area contributed by atoms with Crippen LogP contribution in [0.4, 0.5) is 5.82 Å². The summed E-state index contributed by atoms with van der Waals surface area (Å²) >= 11 is 0. The number of hydrogen-bond donors (Lipinski definition) is 1. The van der Waals surface area contributed by atoms with Gasteiger partial charge in [0, 0.05) is 17.2 Å². The molecule has 13 heavy (non-hydrogen) atoms. The largest absolute Gasteiger partial charge is 0.358 e. The van der Waals surface area contributed by atoms with E-state index in [-0.39, 0.29) is 11.6 Å². The topological polar surface area (TPSA) is 34.1 Å². The number of pyridine rings is 1. The summed E-state index contributed by atoms with van der Waals surface area (Å²) in [5.74, 6) is 0.995. The molecule has 0 amide bonds. The maximum absolute atomic E-state index is 5.61. The molecule has 0 bridgehead atoms. The minimum absolute atomic E-state index is 0.136. The first-order valence-corrected chi connectivity index (χ1v) is 4.64. The molecule has 1 saturated heterocycles. The van der Waals surface area contributed by atoms with E-state index < -0.39 is 0 Å². The van der Waals surface area contributed by atoms with Crippen molar-refractivity contribution in [2.45, 2.75) is 25.0 Å². The third kappa shape index (κ3) is 0.800. The monoisotopic (exact) mass is 176 g/mol. The number of ether oxygens (including phenoxy) is 1. The van der Waals surface area contributed by atoms with Gasteiger partial charge in [-0.2, -0.15) is 0 Å². The molecule has 0 aliphatic carbocycles. The lowest BCUT2D eigenvalue weighted by Crippen LogP contribution is -2.31. The van der Waals surface area contributed by atoms with Gasteiger partial charge < -0.3 is 10.1 Å². The molecule has 2 atom stereocenters. The van der Waals surface area contributed by atoms with Crippen LogP contribution in [0.15, 0.2) is 18.3 Å². The fraction of sp³-hybridized carbons (Fsp3) is 0.500. The molecule has 0 aromatic carbocycles. The highest BCUT2D eigenvalue weighted by molar-refractivity contribution is 5.56. The van der Waals surface area contributed by atoms with Gasteiger partial charge in [0.15, 0.2) is 0 Å². The van der Waals surface area contributed by atoms with Gasteiger partial charge in [-0.1, -0.05) is 13.0 Å². The Morgan fingerprint density at radius 3 is 3.54 bits per heavy atom. The molecular weight excluding hydrogens is 164 g/mol. The lowest BCUT2D eigenvalue weighted by molar-refractivity contribution is 0.112. The fourth-order valence-corrected chi connectivity index (χ4v) is 2.29. The number of aromatic nitrogens is 1. The summed E-state index contributed by atoms with van der Waals surface area (Å²) in [5, 5.41) is 3.30. The highest BCUT2D eigenvalue weighted by Gasteiger charge is 2.48. The summed E-state index contributed by atoms with van der Waals surface area (Å²) in [6.45, 7) is 3.09. The predicted octanol–water partition coefficient (Wildman–Crippen LogP) is 1.51. The second-order valence-corrected chi connectivity index (χ2v) is 3.96. The van der Waals surface area contributed by atoms with Crippen molar-refractivity contribution in [3.63, 3.8) is 0 Å². The molecule has 0 saturated carbocycles. The molecule has 3 heterocycles. The van der Waals surface area contributed by atoms with E-state index in [1.54, 1.807) is 0 Å². The van der Waals surface area contributed by atoms with Crippen molar-refractivity contribution in [3.05, 3.63) is 23.9 Å². The van der Waals surface area contributed by atoms with Gasteiger partial charge in [0.1, 0.15) is 12.0 Å². The Bertz CT molecular complexity index is 353. The van der Waals surface area contributed by atoms with Crippen molar-refractivity contribution in [3.8, 4) is 0 Å². The van der Waals surface area contributed by atoms with Crippen molar-refractivity contribution in [1.29, 1.82) is 0 Å². The van der Waals surface area contributed by atoms with E-state index >= 15 is 0 Å². The average Bonchev–Trinajstić information content (AvgIpc) is 2.60. The van der Waals surface area contributed by atoms with Crippen LogP contribution in [0, 0.1) is 0 Å². The van der Waals surface area contributed by atoms with Gasteiger partial charge >= 0.3 is 0 Å². The zero-order chi connectivity index (χ0) is 8.89. The zero-order valence-corrected chi connectivity index (χ0v) is 7.58. The van der Waals surface area contributed by atoms with Crippen molar-refractivity contribution >= 4 is 5.82 Å². The van der Waals surface area contributed by atoms with Crippen molar-refractivity contribution in [2.75, 3.05) is 11.9 Å². The Kier molecular flexibility index (Phi) is 1.26. The van der Waals surface area contributed by atoms with E-state index in [0.717, 1.165) is 18.8 Å². The summed E-state index contributed by atoms with van der Waals surface area (Å²) in [5.41, 5.74) is 1.45. The number of nitrogens with zero attached hydrogens (tertiary/aromatic N) is 1. The molecule has 2 aliphatic heterocycles. The van der Waals surface area contributed by atoms with Crippen molar-refractivity contribution < 1.29 is 4.74 Å². The Morgan fingerprint density at radius 1 is 1.69 bits per heavy atom. The van der Waals surface area contributed by atoms with Gasteiger partial charge in [-0.05, 0) is 12.5 Å². The number of rotatable bonds is 0. The van der Waals surface area contributed by atoms with Crippen LogP contribution in [-0.2, 0) is 10.2 Å². The Morgan fingerprint density at radius 2 is 2.62 bits per heavy atom. The van der Waals surface area contributed by atoms with Crippen LogP contribution in [0.3, 0.4) is 0 Å². The first kappa shape index (κ1) is 7.33. The van der Waals surface area contributed by atoms with Crippen LogP contribution in [0.5, 0.6) is 0 Å². The van der Waals surface area contributed by atoms with Crippen molar-refractivity contribution in [2.24, 2.45) is 0 Å².